The minimum absolute atomic E-state index is 0.0725. The Kier molecular flexibility index (Phi) is 10.9. The van der Waals surface area contributed by atoms with Crippen LogP contribution < -0.4 is 0 Å². The SMILES string of the molecule is CCC(CCC(C)C)OC(=O)c1cccc(F)c1C(=O)OC(CC)CCC(C)C. The van der Waals surface area contributed by atoms with E-state index in [9.17, 15) is 14.0 Å². The van der Waals surface area contributed by atoms with Crippen molar-refractivity contribution in [3.05, 3.63) is 35.1 Å². The van der Waals surface area contributed by atoms with Gasteiger partial charge in [0.25, 0.3) is 0 Å². The van der Waals surface area contributed by atoms with Crippen molar-refractivity contribution in [1.82, 2.24) is 0 Å². The molecule has 1 aromatic rings. The summed E-state index contributed by atoms with van der Waals surface area (Å²) in [5, 5.41) is 0. The van der Waals surface area contributed by atoms with Gasteiger partial charge in [-0.3, -0.25) is 0 Å². The second kappa shape index (κ2) is 12.6. The average Bonchev–Trinajstić information content (AvgIpc) is 2.67. The maximum absolute atomic E-state index is 14.5. The van der Waals surface area contributed by atoms with Crippen molar-refractivity contribution < 1.29 is 23.5 Å². The number of esters is 2. The summed E-state index contributed by atoms with van der Waals surface area (Å²) in [7, 11) is 0. The average molecular weight is 409 g/mol. The highest BCUT2D eigenvalue weighted by Gasteiger charge is 2.27. The predicted octanol–water partition coefficient (Wildman–Crippen LogP) is 6.57. The third kappa shape index (κ3) is 8.55. The quantitative estimate of drug-likeness (QED) is 0.367. The van der Waals surface area contributed by atoms with Gasteiger partial charge in [-0.05, 0) is 62.5 Å². The maximum atomic E-state index is 14.5. The highest BCUT2D eigenvalue weighted by Crippen LogP contribution is 2.21. The van der Waals surface area contributed by atoms with Crippen molar-refractivity contribution in [2.45, 2.75) is 92.3 Å². The van der Waals surface area contributed by atoms with Crippen molar-refractivity contribution in [2.24, 2.45) is 11.8 Å². The van der Waals surface area contributed by atoms with E-state index in [0.717, 1.165) is 19.3 Å². The van der Waals surface area contributed by atoms with E-state index in [-0.39, 0.29) is 23.3 Å². The van der Waals surface area contributed by atoms with Gasteiger partial charge in [0.2, 0.25) is 0 Å². The summed E-state index contributed by atoms with van der Waals surface area (Å²) >= 11 is 0. The first kappa shape index (κ1) is 25.1. The first-order valence-electron chi connectivity index (χ1n) is 10.9. The number of carbonyl (C=O) groups excluding carboxylic acids is 2. The molecule has 2 unspecified atom stereocenters. The van der Waals surface area contributed by atoms with Crippen molar-refractivity contribution in [1.29, 1.82) is 0 Å². The number of benzene rings is 1. The van der Waals surface area contributed by atoms with E-state index >= 15 is 0 Å². The maximum Gasteiger partial charge on any atom is 0.342 e. The second-order valence-corrected chi connectivity index (χ2v) is 8.48. The highest BCUT2D eigenvalue weighted by atomic mass is 19.1. The Balaban J connectivity index is 2.96. The molecule has 0 amide bonds. The van der Waals surface area contributed by atoms with Crippen LogP contribution in [0.4, 0.5) is 4.39 Å². The minimum Gasteiger partial charge on any atom is -0.459 e. The Bertz CT molecular complexity index is 654. The molecule has 4 nitrogen and oxygen atoms in total. The van der Waals surface area contributed by atoms with Crippen LogP contribution in [0.2, 0.25) is 0 Å². The lowest BCUT2D eigenvalue weighted by Crippen LogP contribution is -2.24. The molecule has 0 aliphatic heterocycles. The lowest BCUT2D eigenvalue weighted by Gasteiger charge is -2.20. The number of carbonyl (C=O) groups is 2. The first-order chi connectivity index (χ1) is 13.7. The smallest absolute Gasteiger partial charge is 0.342 e. The summed E-state index contributed by atoms with van der Waals surface area (Å²) in [4.78, 5) is 25.4. The van der Waals surface area contributed by atoms with E-state index in [1.54, 1.807) is 0 Å². The number of rotatable bonds is 12. The summed E-state index contributed by atoms with van der Waals surface area (Å²) in [6.07, 6.45) is 4.03. The van der Waals surface area contributed by atoms with E-state index in [2.05, 4.69) is 27.7 Å². The zero-order valence-corrected chi connectivity index (χ0v) is 18.8. The molecule has 0 saturated heterocycles. The normalized spacial score (nSPS) is 13.4. The molecule has 5 heteroatoms. The van der Waals surface area contributed by atoms with Crippen LogP contribution in [0.5, 0.6) is 0 Å². The number of hydrogen-bond acceptors (Lipinski definition) is 4. The Morgan fingerprint density at radius 3 is 1.76 bits per heavy atom. The molecule has 0 heterocycles. The predicted molar refractivity (Wildman–Crippen MR) is 114 cm³/mol. The van der Waals surface area contributed by atoms with E-state index < -0.39 is 17.8 Å². The van der Waals surface area contributed by atoms with Crippen molar-refractivity contribution in [3.63, 3.8) is 0 Å². The summed E-state index contributed by atoms with van der Waals surface area (Å²) in [6, 6.07) is 4.00. The van der Waals surface area contributed by atoms with Crippen LogP contribution in [0.1, 0.15) is 101 Å². The van der Waals surface area contributed by atoms with Gasteiger partial charge < -0.3 is 9.47 Å². The topological polar surface area (TPSA) is 52.6 Å². The van der Waals surface area contributed by atoms with Crippen LogP contribution in [-0.2, 0) is 9.47 Å². The highest BCUT2D eigenvalue weighted by molar-refractivity contribution is 6.03. The summed E-state index contributed by atoms with van der Waals surface area (Å²) < 4.78 is 25.6. The molecule has 0 N–H and O–H groups in total. The molecule has 0 aliphatic carbocycles. The number of hydrogen-bond donors (Lipinski definition) is 0. The van der Waals surface area contributed by atoms with Crippen LogP contribution in [-0.4, -0.2) is 24.1 Å². The minimum atomic E-state index is -0.805. The first-order valence-corrected chi connectivity index (χ1v) is 10.9. The van der Waals surface area contributed by atoms with Gasteiger partial charge in [-0.1, -0.05) is 47.6 Å². The molecule has 29 heavy (non-hydrogen) atoms. The van der Waals surface area contributed by atoms with Gasteiger partial charge in [-0.15, -0.1) is 0 Å². The Hall–Kier alpha value is -1.91. The van der Waals surface area contributed by atoms with Crippen molar-refractivity contribution >= 4 is 11.9 Å². The molecular formula is C24H37FO4. The summed E-state index contributed by atoms with van der Waals surface area (Å²) in [5.74, 6) is -1.26. The molecular weight excluding hydrogens is 371 g/mol. The van der Waals surface area contributed by atoms with E-state index in [1.807, 2.05) is 13.8 Å². The molecule has 0 radical (unpaired) electrons. The van der Waals surface area contributed by atoms with Gasteiger partial charge in [0.15, 0.2) is 0 Å². The van der Waals surface area contributed by atoms with E-state index in [4.69, 9.17) is 9.47 Å². The van der Waals surface area contributed by atoms with Crippen molar-refractivity contribution in [2.75, 3.05) is 0 Å². The molecule has 0 saturated carbocycles. The fourth-order valence-corrected chi connectivity index (χ4v) is 3.06. The molecule has 1 aromatic carbocycles. The number of ether oxygens (including phenoxy) is 2. The molecule has 2 atom stereocenters. The van der Waals surface area contributed by atoms with E-state index in [1.165, 1.54) is 18.2 Å². The molecule has 1 rings (SSSR count). The Morgan fingerprint density at radius 1 is 0.828 bits per heavy atom. The third-order valence-corrected chi connectivity index (χ3v) is 5.03. The molecule has 164 valence electrons. The molecule has 0 aromatic heterocycles. The molecule has 0 aliphatic rings. The second-order valence-electron chi connectivity index (χ2n) is 8.48. The monoisotopic (exact) mass is 408 g/mol. The van der Waals surface area contributed by atoms with Crippen LogP contribution >= 0.6 is 0 Å². The van der Waals surface area contributed by atoms with Gasteiger partial charge in [0.1, 0.15) is 23.6 Å². The van der Waals surface area contributed by atoms with Crippen molar-refractivity contribution in [3.8, 4) is 0 Å². The molecule has 0 bridgehead atoms. The molecule has 0 spiro atoms. The summed E-state index contributed by atoms with van der Waals surface area (Å²) in [5.41, 5.74) is -0.407. The number of halogens is 1. The van der Waals surface area contributed by atoms with Gasteiger partial charge >= 0.3 is 11.9 Å². The van der Waals surface area contributed by atoms with Gasteiger partial charge in [0.05, 0.1) is 5.56 Å². The zero-order chi connectivity index (χ0) is 22.0. The Labute approximate surface area is 175 Å². The lowest BCUT2D eigenvalue weighted by molar-refractivity contribution is 0.0208. The van der Waals surface area contributed by atoms with Gasteiger partial charge in [-0.25, -0.2) is 14.0 Å². The fourth-order valence-electron chi connectivity index (χ4n) is 3.06. The summed E-state index contributed by atoms with van der Waals surface area (Å²) in [6.45, 7) is 12.3. The van der Waals surface area contributed by atoms with E-state index in [0.29, 0.717) is 31.1 Å². The third-order valence-electron chi connectivity index (χ3n) is 5.03. The van der Waals surface area contributed by atoms with Crippen LogP contribution in [0.25, 0.3) is 0 Å². The lowest BCUT2D eigenvalue weighted by atomic mass is 10.0. The Morgan fingerprint density at radius 2 is 1.31 bits per heavy atom. The largest absolute Gasteiger partial charge is 0.459 e. The van der Waals surface area contributed by atoms with Gasteiger partial charge in [-0.2, -0.15) is 0 Å². The van der Waals surface area contributed by atoms with Gasteiger partial charge in [0, 0.05) is 0 Å². The van der Waals surface area contributed by atoms with Crippen LogP contribution in [0.3, 0.4) is 0 Å². The van der Waals surface area contributed by atoms with Crippen LogP contribution in [0.15, 0.2) is 18.2 Å². The molecule has 0 fully saturated rings. The fraction of sp³-hybridized carbons (Fsp3) is 0.667. The zero-order valence-electron chi connectivity index (χ0n) is 18.8. The van der Waals surface area contributed by atoms with Crippen LogP contribution in [0, 0.1) is 17.7 Å². The standard InChI is InChI=1S/C24H37FO4/c1-7-18(14-12-16(3)4)28-23(26)20-10-9-11-21(25)22(20)24(27)29-19(8-2)15-13-17(5)6/h9-11,16-19H,7-8,12-15H2,1-6H3.